The Morgan fingerprint density at radius 1 is 1.43 bits per heavy atom. The van der Waals surface area contributed by atoms with Gasteiger partial charge in [-0.25, -0.2) is 0 Å². The molecule has 0 bridgehead atoms. The standard InChI is InChI=1S/C11H12O3/c12-10-3-1-2-7-6-8(11(13)14)4-5-9(7)10/h1-3,8,12H,4-6H2,(H,13,14). The van der Waals surface area contributed by atoms with E-state index < -0.39 is 5.97 Å². The van der Waals surface area contributed by atoms with Crippen molar-refractivity contribution in [1.29, 1.82) is 0 Å². The first-order chi connectivity index (χ1) is 6.68. The van der Waals surface area contributed by atoms with Crippen LogP contribution < -0.4 is 0 Å². The predicted octanol–water partition coefficient (Wildman–Crippen LogP) is 1.58. The van der Waals surface area contributed by atoms with Crippen LogP contribution in [-0.4, -0.2) is 16.2 Å². The van der Waals surface area contributed by atoms with Gasteiger partial charge < -0.3 is 10.2 Å². The van der Waals surface area contributed by atoms with Crippen LogP contribution in [0.2, 0.25) is 0 Å². The Kier molecular flexibility index (Phi) is 2.15. The largest absolute Gasteiger partial charge is 0.508 e. The number of carboxylic acids is 1. The maximum atomic E-state index is 10.8. The molecular weight excluding hydrogens is 180 g/mol. The van der Waals surface area contributed by atoms with Crippen molar-refractivity contribution >= 4 is 5.97 Å². The van der Waals surface area contributed by atoms with E-state index in [4.69, 9.17) is 5.11 Å². The summed E-state index contributed by atoms with van der Waals surface area (Å²) in [6.07, 6.45) is 1.83. The van der Waals surface area contributed by atoms with Crippen LogP contribution in [-0.2, 0) is 17.6 Å². The SMILES string of the molecule is O=C(O)C1CCc2c(O)cccc2C1. The second kappa shape index (κ2) is 3.33. The molecular formula is C11H12O3. The molecule has 0 aromatic heterocycles. The zero-order valence-electron chi connectivity index (χ0n) is 7.73. The maximum absolute atomic E-state index is 10.8. The number of aliphatic carboxylic acids is 1. The summed E-state index contributed by atoms with van der Waals surface area (Å²) < 4.78 is 0. The maximum Gasteiger partial charge on any atom is 0.306 e. The van der Waals surface area contributed by atoms with Gasteiger partial charge in [0, 0.05) is 0 Å². The molecule has 0 aliphatic heterocycles. The minimum absolute atomic E-state index is 0.288. The van der Waals surface area contributed by atoms with E-state index in [-0.39, 0.29) is 5.92 Å². The van der Waals surface area contributed by atoms with Crippen LogP contribution in [0.3, 0.4) is 0 Å². The minimum Gasteiger partial charge on any atom is -0.508 e. The molecule has 1 aliphatic rings. The molecule has 1 aliphatic carbocycles. The highest BCUT2D eigenvalue weighted by Gasteiger charge is 2.25. The van der Waals surface area contributed by atoms with Gasteiger partial charge in [-0.05, 0) is 36.5 Å². The molecule has 1 aromatic rings. The second-order valence-electron chi connectivity index (χ2n) is 3.69. The molecule has 0 saturated carbocycles. The topological polar surface area (TPSA) is 57.5 Å². The lowest BCUT2D eigenvalue weighted by Gasteiger charge is -2.21. The first-order valence-electron chi connectivity index (χ1n) is 4.71. The lowest BCUT2D eigenvalue weighted by atomic mass is 9.83. The summed E-state index contributed by atoms with van der Waals surface area (Å²) in [5.41, 5.74) is 1.90. The van der Waals surface area contributed by atoms with Gasteiger partial charge in [0.15, 0.2) is 0 Å². The van der Waals surface area contributed by atoms with Gasteiger partial charge in [-0.15, -0.1) is 0 Å². The molecule has 0 spiro atoms. The van der Waals surface area contributed by atoms with Crippen molar-refractivity contribution in [2.24, 2.45) is 5.92 Å². The molecule has 0 fully saturated rings. The highest BCUT2D eigenvalue weighted by atomic mass is 16.4. The van der Waals surface area contributed by atoms with Gasteiger partial charge >= 0.3 is 5.97 Å². The zero-order chi connectivity index (χ0) is 10.1. The van der Waals surface area contributed by atoms with E-state index >= 15 is 0 Å². The Bertz CT molecular complexity index is 371. The first-order valence-corrected chi connectivity index (χ1v) is 4.71. The number of hydrogen-bond acceptors (Lipinski definition) is 2. The Morgan fingerprint density at radius 2 is 2.21 bits per heavy atom. The lowest BCUT2D eigenvalue weighted by molar-refractivity contribution is -0.142. The van der Waals surface area contributed by atoms with Gasteiger partial charge in [0.05, 0.1) is 5.92 Å². The van der Waals surface area contributed by atoms with Gasteiger partial charge in [0.1, 0.15) is 5.75 Å². The van der Waals surface area contributed by atoms with Crippen molar-refractivity contribution in [3.05, 3.63) is 29.3 Å². The summed E-state index contributed by atoms with van der Waals surface area (Å²) in [6, 6.07) is 5.31. The van der Waals surface area contributed by atoms with Gasteiger partial charge in [-0.3, -0.25) is 4.79 Å². The molecule has 74 valence electrons. The Labute approximate surface area is 82.0 Å². The number of benzene rings is 1. The minimum atomic E-state index is -0.737. The first kappa shape index (κ1) is 9.06. The van der Waals surface area contributed by atoms with E-state index in [0.717, 1.165) is 11.1 Å². The molecule has 0 radical (unpaired) electrons. The summed E-state index contributed by atoms with van der Waals surface area (Å²) in [5.74, 6) is -0.727. The number of rotatable bonds is 1. The molecule has 3 nitrogen and oxygen atoms in total. The van der Waals surface area contributed by atoms with Crippen molar-refractivity contribution in [3.63, 3.8) is 0 Å². The molecule has 0 saturated heterocycles. The fourth-order valence-electron chi connectivity index (χ4n) is 2.00. The van der Waals surface area contributed by atoms with E-state index in [1.165, 1.54) is 0 Å². The van der Waals surface area contributed by atoms with Gasteiger partial charge in [-0.2, -0.15) is 0 Å². The fourth-order valence-corrected chi connectivity index (χ4v) is 2.00. The zero-order valence-corrected chi connectivity index (χ0v) is 7.73. The molecule has 3 heteroatoms. The summed E-state index contributed by atoms with van der Waals surface area (Å²) in [7, 11) is 0. The van der Waals surface area contributed by atoms with Gasteiger partial charge in [0.25, 0.3) is 0 Å². The monoisotopic (exact) mass is 192 g/mol. The van der Waals surface area contributed by atoms with Gasteiger partial charge in [-0.1, -0.05) is 12.1 Å². The van der Waals surface area contributed by atoms with Crippen molar-refractivity contribution < 1.29 is 15.0 Å². The third-order valence-corrected chi connectivity index (χ3v) is 2.81. The van der Waals surface area contributed by atoms with Crippen molar-refractivity contribution in [3.8, 4) is 5.75 Å². The highest BCUT2D eigenvalue weighted by molar-refractivity contribution is 5.71. The molecule has 0 heterocycles. The third-order valence-electron chi connectivity index (χ3n) is 2.81. The van der Waals surface area contributed by atoms with Crippen molar-refractivity contribution in [2.75, 3.05) is 0 Å². The van der Waals surface area contributed by atoms with Crippen LogP contribution in [0.5, 0.6) is 5.75 Å². The molecule has 1 aromatic carbocycles. The number of phenolic OH excluding ortho intramolecular Hbond substituents is 1. The molecule has 1 atom stereocenters. The van der Waals surface area contributed by atoms with E-state index in [2.05, 4.69) is 0 Å². The van der Waals surface area contributed by atoms with Crippen molar-refractivity contribution in [1.82, 2.24) is 0 Å². The van der Waals surface area contributed by atoms with Crippen LogP contribution in [0.15, 0.2) is 18.2 Å². The third kappa shape index (κ3) is 1.45. The van der Waals surface area contributed by atoms with Crippen LogP contribution in [0.25, 0.3) is 0 Å². The van der Waals surface area contributed by atoms with Gasteiger partial charge in [0.2, 0.25) is 0 Å². The predicted molar refractivity (Wildman–Crippen MR) is 51.3 cm³/mol. The van der Waals surface area contributed by atoms with Crippen LogP contribution >= 0.6 is 0 Å². The quantitative estimate of drug-likeness (QED) is 0.710. The highest BCUT2D eigenvalue weighted by Crippen LogP contribution is 2.31. The van der Waals surface area contributed by atoms with E-state index in [0.29, 0.717) is 25.0 Å². The number of phenols is 1. The molecule has 0 amide bonds. The lowest BCUT2D eigenvalue weighted by Crippen LogP contribution is -2.22. The fraction of sp³-hybridized carbons (Fsp3) is 0.364. The molecule has 2 rings (SSSR count). The summed E-state index contributed by atoms with van der Waals surface area (Å²) in [6.45, 7) is 0. The average Bonchev–Trinajstić information content (AvgIpc) is 2.17. The number of carbonyl (C=O) groups is 1. The van der Waals surface area contributed by atoms with E-state index in [1.807, 2.05) is 6.07 Å². The Hall–Kier alpha value is -1.51. The van der Waals surface area contributed by atoms with Crippen LogP contribution in [0, 0.1) is 5.92 Å². The summed E-state index contributed by atoms with van der Waals surface area (Å²) in [5, 5.41) is 18.4. The van der Waals surface area contributed by atoms with E-state index in [1.54, 1.807) is 12.1 Å². The number of aromatic hydroxyl groups is 1. The summed E-state index contributed by atoms with van der Waals surface area (Å²) >= 11 is 0. The summed E-state index contributed by atoms with van der Waals surface area (Å²) in [4.78, 5) is 10.8. The second-order valence-corrected chi connectivity index (χ2v) is 3.69. The molecule has 2 N–H and O–H groups in total. The van der Waals surface area contributed by atoms with E-state index in [9.17, 15) is 9.90 Å². The normalized spacial score (nSPS) is 20.1. The molecule has 14 heavy (non-hydrogen) atoms. The number of fused-ring (bicyclic) bond motifs is 1. The number of hydrogen-bond donors (Lipinski definition) is 2. The van der Waals surface area contributed by atoms with Crippen LogP contribution in [0.4, 0.5) is 0 Å². The molecule has 1 unspecified atom stereocenters. The Balaban J connectivity index is 2.31. The average molecular weight is 192 g/mol. The van der Waals surface area contributed by atoms with Crippen LogP contribution in [0.1, 0.15) is 17.5 Å². The number of carboxylic acid groups (broad SMARTS) is 1. The smallest absolute Gasteiger partial charge is 0.306 e. The Morgan fingerprint density at radius 3 is 2.93 bits per heavy atom. The van der Waals surface area contributed by atoms with Crippen molar-refractivity contribution in [2.45, 2.75) is 19.3 Å².